The van der Waals surface area contributed by atoms with Crippen LogP contribution in [0.2, 0.25) is 5.02 Å². The molecule has 0 aliphatic carbocycles. The molecular weight excluding hydrogens is 243 g/mol. The lowest BCUT2D eigenvalue weighted by molar-refractivity contribution is 0.632. The summed E-state index contributed by atoms with van der Waals surface area (Å²) in [6.45, 7) is 0. The van der Waals surface area contributed by atoms with Gasteiger partial charge < -0.3 is 5.32 Å². The highest BCUT2D eigenvalue weighted by atomic mass is 35.5. The second kappa shape index (κ2) is 4.76. The lowest BCUT2D eigenvalue weighted by atomic mass is 10.3. The number of nitrogens with zero attached hydrogens (tertiary/aromatic N) is 3. The van der Waals surface area contributed by atoms with Gasteiger partial charge in [0.1, 0.15) is 11.9 Å². The molecule has 4 nitrogen and oxygen atoms in total. The Morgan fingerprint density at radius 2 is 2.06 bits per heavy atom. The number of hydrogen-bond donors (Lipinski definition) is 1. The van der Waals surface area contributed by atoms with Gasteiger partial charge in [-0.1, -0.05) is 11.6 Å². The van der Waals surface area contributed by atoms with Gasteiger partial charge in [0.2, 0.25) is 0 Å². The highest BCUT2D eigenvalue weighted by Crippen LogP contribution is 2.23. The maximum atomic E-state index is 13.4. The third-order valence-corrected chi connectivity index (χ3v) is 2.22. The number of anilines is 2. The molecule has 0 radical (unpaired) electrons. The van der Waals surface area contributed by atoms with Crippen LogP contribution in [0.1, 0.15) is 5.69 Å². The summed E-state index contributed by atoms with van der Waals surface area (Å²) >= 11 is 5.75. The fraction of sp³-hybridized carbons (Fsp3) is 0. The van der Waals surface area contributed by atoms with Gasteiger partial charge in [-0.25, -0.2) is 14.4 Å². The van der Waals surface area contributed by atoms with Gasteiger partial charge in [0, 0.05) is 17.4 Å². The predicted octanol–water partition coefficient (Wildman–Crippen LogP) is 2.88. The van der Waals surface area contributed by atoms with Gasteiger partial charge in [-0.2, -0.15) is 5.26 Å². The summed E-state index contributed by atoms with van der Waals surface area (Å²) in [5.41, 5.74) is 0.237. The fourth-order valence-electron chi connectivity index (χ4n) is 1.23. The predicted molar refractivity (Wildman–Crippen MR) is 61.4 cm³/mol. The second-order valence-corrected chi connectivity index (χ2v) is 3.55. The molecule has 6 heteroatoms. The van der Waals surface area contributed by atoms with Crippen molar-refractivity contribution in [3.8, 4) is 6.07 Å². The molecule has 0 saturated carbocycles. The number of hydrogen-bond acceptors (Lipinski definition) is 4. The molecule has 2 rings (SSSR count). The minimum absolute atomic E-state index is 0.0897. The summed E-state index contributed by atoms with van der Waals surface area (Å²) in [5.74, 6) is -0.292. The highest BCUT2D eigenvalue weighted by Gasteiger charge is 2.08. The van der Waals surface area contributed by atoms with Gasteiger partial charge in [-0.15, -0.1) is 0 Å². The van der Waals surface area contributed by atoms with E-state index in [-0.39, 0.29) is 17.2 Å². The molecule has 17 heavy (non-hydrogen) atoms. The lowest BCUT2D eigenvalue weighted by Crippen LogP contribution is -2.00. The highest BCUT2D eigenvalue weighted by molar-refractivity contribution is 6.30. The third-order valence-electron chi connectivity index (χ3n) is 1.99. The summed E-state index contributed by atoms with van der Waals surface area (Å²) in [6, 6.07) is 5.93. The number of rotatable bonds is 2. The van der Waals surface area contributed by atoms with E-state index in [0.29, 0.717) is 5.02 Å². The van der Waals surface area contributed by atoms with Crippen molar-refractivity contribution in [3.05, 3.63) is 47.1 Å². The Labute approximate surface area is 102 Å². The minimum Gasteiger partial charge on any atom is -0.335 e. The van der Waals surface area contributed by atoms with E-state index in [2.05, 4.69) is 15.3 Å². The van der Waals surface area contributed by atoms with Gasteiger partial charge in [0.25, 0.3) is 0 Å². The summed E-state index contributed by atoms with van der Waals surface area (Å²) < 4.78 is 13.4. The van der Waals surface area contributed by atoms with E-state index in [1.54, 1.807) is 0 Å². The molecule has 84 valence electrons. The van der Waals surface area contributed by atoms with Gasteiger partial charge in [0.05, 0.1) is 5.69 Å². The van der Waals surface area contributed by atoms with Crippen molar-refractivity contribution >= 4 is 23.1 Å². The van der Waals surface area contributed by atoms with E-state index < -0.39 is 5.82 Å². The molecule has 0 spiro atoms. The van der Waals surface area contributed by atoms with Gasteiger partial charge in [0.15, 0.2) is 11.5 Å². The standard InChI is InChI=1S/C11H6ClFN4/c12-7-1-2-8(13)9(5-7)17-11-10(6-14)15-3-4-16-11/h1-5H,(H,16,17). The van der Waals surface area contributed by atoms with Crippen molar-refractivity contribution in [2.75, 3.05) is 5.32 Å². The Hall–Kier alpha value is -2.19. The van der Waals surface area contributed by atoms with Crippen molar-refractivity contribution < 1.29 is 4.39 Å². The molecule has 1 aromatic heterocycles. The normalized spacial score (nSPS) is 9.71. The Bertz CT molecular complexity index is 594. The number of halogens is 2. The van der Waals surface area contributed by atoms with E-state index in [0.717, 1.165) is 0 Å². The second-order valence-electron chi connectivity index (χ2n) is 3.11. The fourth-order valence-corrected chi connectivity index (χ4v) is 1.40. The van der Waals surface area contributed by atoms with Crippen LogP contribution < -0.4 is 5.32 Å². The molecule has 1 N–H and O–H groups in total. The monoisotopic (exact) mass is 248 g/mol. The number of aromatic nitrogens is 2. The van der Waals surface area contributed by atoms with Crippen LogP contribution in [0.25, 0.3) is 0 Å². The van der Waals surface area contributed by atoms with Crippen LogP contribution in [0.3, 0.4) is 0 Å². The van der Waals surface area contributed by atoms with E-state index in [1.807, 2.05) is 6.07 Å². The zero-order valence-corrected chi connectivity index (χ0v) is 9.24. The average Bonchev–Trinajstić information content (AvgIpc) is 2.34. The zero-order valence-electron chi connectivity index (χ0n) is 8.48. The quantitative estimate of drug-likeness (QED) is 0.888. The molecule has 2 aromatic rings. The topological polar surface area (TPSA) is 61.6 Å². The minimum atomic E-state index is -0.482. The van der Waals surface area contributed by atoms with E-state index in [9.17, 15) is 4.39 Å². The van der Waals surface area contributed by atoms with Crippen molar-refractivity contribution in [1.29, 1.82) is 5.26 Å². The van der Waals surface area contributed by atoms with Gasteiger partial charge >= 0.3 is 0 Å². The van der Waals surface area contributed by atoms with Crippen LogP contribution in [0.15, 0.2) is 30.6 Å². The summed E-state index contributed by atoms with van der Waals surface area (Å²) in [7, 11) is 0. The van der Waals surface area contributed by atoms with Crippen molar-refractivity contribution in [3.63, 3.8) is 0 Å². The Kier molecular flexibility index (Phi) is 3.17. The van der Waals surface area contributed by atoms with E-state index >= 15 is 0 Å². The molecule has 0 unspecified atom stereocenters. The number of nitriles is 1. The Balaban J connectivity index is 2.38. The van der Waals surface area contributed by atoms with Crippen molar-refractivity contribution in [2.24, 2.45) is 0 Å². The Morgan fingerprint density at radius 3 is 2.82 bits per heavy atom. The lowest BCUT2D eigenvalue weighted by Gasteiger charge is -2.07. The smallest absolute Gasteiger partial charge is 0.183 e. The summed E-state index contributed by atoms with van der Waals surface area (Å²) in [6.07, 6.45) is 2.80. The maximum Gasteiger partial charge on any atom is 0.183 e. The van der Waals surface area contributed by atoms with Crippen LogP contribution in [-0.2, 0) is 0 Å². The SMILES string of the molecule is N#Cc1nccnc1Nc1cc(Cl)ccc1F. The van der Waals surface area contributed by atoms with Gasteiger partial charge in [-0.05, 0) is 18.2 Å². The van der Waals surface area contributed by atoms with Crippen LogP contribution in [0.4, 0.5) is 15.9 Å². The molecule has 0 saturated heterocycles. The van der Waals surface area contributed by atoms with Crippen LogP contribution in [-0.4, -0.2) is 9.97 Å². The molecule has 1 heterocycles. The summed E-state index contributed by atoms with van der Waals surface area (Å²) in [4.78, 5) is 7.71. The molecule has 0 atom stereocenters. The average molecular weight is 249 g/mol. The molecule has 0 aliphatic heterocycles. The summed E-state index contributed by atoms with van der Waals surface area (Å²) in [5, 5.41) is 11.9. The zero-order chi connectivity index (χ0) is 12.3. The third kappa shape index (κ3) is 2.49. The van der Waals surface area contributed by atoms with E-state index in [1.165, 1.54) is 30.6 Å². The first-order chi connectivity index (χ1) is 8.20. The van der Waals surface area contributed by atoms with Crippen molar-refractivity contribution in [1.82, 2.24) is 9.97 Å². The maximum absolute atomic E-state index is 13.4. The van der Waals surface area contributed by atoms with Crippen LogP contribution >= 0.6 is 11.6 Å². The molecule has 0 bridgehead atoms. The first-order valence-corrected chi connectivity index (χ1v) is 5.01. The van der Waals surface area contributed by atoms with E-state index in [4.69, 9.17) is 16.9 Å². The molecule has 0 aliphatic rings. The molecule has 0 amide bonds. The van der Waals surface area contributed by atoms with Crippen molar-refractivity contribution in [2.45, 2.75) is 0 Å². The largest absolute Gasteiger partial charge is 0.335 e. The van der Waals surface area contributed by atoms with Crippen LogP contribution in [0, 0.1) is 17.1 Å². The Morgan fingerprint density at radius 1 is 1.29 bits per heavy atom. The molecular formula is C11H6ClFN4. The molecule has 0 fully saturated rings. The molecule has 1 aromatic carbocycles. The van der Waals surface area contributed by atoms with Crippen LogP contribution in [0.5, 0.6) is 0 Å². The number of benzene rings is 1. The van der Waals surface area contributed by atoms with Gasteiger partial charge in [-0.3, -0.25) is 0 Å². The first kappa shape index (κ1) is 11.3. The number of nitrogens with one attached hydrogen (secondary N) is 1. The first-order valence-electron chi connectivity index (χ1n) is 4.64.